The second-order valence-electron chi connectivity index (χ2n) is 5.02. The number of halogens is 1. The third-order valence-corrected chi connectivity index (χ3v) is 7.06. The van der Waals surface area contributed by atoms with Gasteiger partial charge in [0.05, 0.1) is 5.69 Å². The first-order chi connectivity index (χ1) is 9.91. The molecule has 1 aromatic heterocycles. The first kappa shape index (κ1) is 14.8. The van der Waals surface area contributed by atoms with Crippen LogP contribution < -0.4 is 5.73 Å². The van der Waals surface area contributed by atoms with E-state index in [1.54, 1.807) is 17.4 Å². The Labute approximate surface area is 133 Å². The van der Waals surface area contributed by atoms with Crippen LogP contribution in [0.5, 0.6) is 0 Å². The van der Waals surface area contributed by atoms with E-state index in [2.05, 4.69) is 0 Å². The fraction of sp³-hybridized carbons (Fsp3) is 0.286. The molecule has 2 heterocycles. The Kier molecular flexibility index (Phi) is 3.73. The summed E-state index contributed by atoms with van der Waals surface area (Å²) in [4.78, 5) is 1.38. The number of benzene rings is 1. The molecule has 2 aromatic rings. The Morgan fingerprint density at radius 1 is 1.38 bits per heavy atom. The fourth-order valence-electron chi connectivity index (χ4n) is 2.70. The van der Waals surface area contributed by atoms with Gasteiger partial charge in [-0.15, -0.1) is 11.3 Å². The van der Waals surface area contributed by atoms with E-state index in [9.17, 15) is 8.42 Å². The minimum absolute atomic E-state index is 0.123. The SMILES string of the molecule is CC1c2ccsc2CCN1S(=O)(=O)c1ccc(Cl)cc1N. The van der Waals surface area contributed by atoms with Crippen LogP contribution in [-0.2, 0) is 16.4 Å². The summed E-state index contributed by atoms with van der Waals surface area (Å²) >= 11 is 7.53. The van der Waals surface area contributed by atoms with Crippen LogP contribution in [0.3, 0.4) is 0 Å². The second kappa shape index (κ2) is 5.28. The number of sulfonamides is 1. The third-order valence-electron chi connectivity index (χ3n) is 3.78. The normalized spacial score (nSPS) is 19.4. The second-order valence-corrected chi connectivity index (χ2v) is 8.32. The number of fused-ring (bicyclic) bond motifs is 1. The van der Waals surface area contributed by atoms with Crippen LogP contribution in [0.1, 0.15) is 23.4 Å². The van der Waals surface area contributed by atoms with E-state index in [1.807, 2.05) is 18.4 Å². The molecule has 1 unspecified atom stereocenters. The van der Waals surface area contributed by atoms with Crippen molar-refractivity contribution < 1.29 is 8.42 Å². The van der Waals surface area contributed by atoms with E-state index in [0.29, 0.717) is 11.6 Å². The van der Waals surface area contributed by atoms with Crippen molar-refractivity contribution in [2.45, 2.75) is 24.3 Å². The molecule has 2 N–H and O–H groups in total. The minimum atomic E-state index is -3.62. The molecule has 0 aliphatic carbocycles. The lowest BCUT2D eigenvalue weighted by Crippen LogP contribution is -2.38. The van der Waals surface area contributed by atoms with Crippen molar-refractivity contribution in [3.05, 3.63) is 45.1 Å². The molecule has 7 heteroatoms. The Morgan fingerprint density at radius 3 is 2.86 bits per heavy atom. The van der Waals surface area contributed by atoms with E-state index in [1.165, 1.54) is 21.3 Å². The van der Waals surface area contributed by atoms with E-state index < -0.39 is 10.0 Å². The quantitative estimate of drug-likeness (QED) is 0.852. The van der Waals surface area contributed by atoms with Crippen LogP contribution in [0, 0.1) is 0 Å². The molecule has 1 atom stereocenters. The molecule has 0 spiro atoms. The van der Waals surface area contributed by atoms with Gasteiger partial charge in [-0.2, -0.15) is 4.31 Å². The van der Waals surface area contributed by atoms with Crippen molar-refractivity contribution in [3.63, 3.8) is 0 Å². The summed E-state index contributed by atoms with van der Waals surface area (Å²) in [5.41, 5.74) is 7.12. The number of hydrogen-bond acceptors (Lipinski definition) is 4. The molecule has 0 radical (unpaired) electrons. The third kappa shape index (κ3) is 2.46. The number of nitrogens with zero attached hydrogens (tertiary/aromatic N) is 1. The van der Waals surface area contributed by atoms with Gasteiger partial charge in [-0.1, -0.05) is 11.6 Å². The zero-order valence-corrected chi connectivity index (χ0v) is 13.8. The maximum absolute atomic E-state index is 12.9. The highest BCUT2D eigenvalue weighted by molar-refractivity contribution is 7.89. The molecule has 0 bridgehead atoms. The molecular formula is C14H15ClN2O2S2. The van der Waals surface area contributed by atoms with E-state index in [-0.39, 0.29) is 16.6 Å². The lowest BCUT2D eigenvalue weighted by atomic mass is 10.0. The molecule has 112 valence electrons. The molecule has 1 aliphatic rings. The van der Waals surface area contributed by atoms with Gasteiger partial charge in [0.1, 0.15) is 4.90 Å². The highest BCUT2D eigenvalue weighted by atomic mass is 35.5. The van der Waals surface area contributed by atoms with Crippen LogP contribution in [0.15, 0.2) is 34.5 Å². The van der Waals surface area contributed by atoms with Crippen molar-refractivity contribution in [2.75, 3.05) is 12.3 Å². The first-order valence-corrected chi connectivity index (χ1v) is 9.24. The van der Waals surface area contributed by atoms with Crippen molar-refractivity contribution in [1.29, 1.82) is 0 Å². The Balaban J connectivity index is 2.03. The van der Waals surface area contributed by atoms with Crippen LogP contribution in [0.25, 0.3) is 0 Å². The van der Waals surface area contributed by atoms with Gasteiger partial charge < -0.3 is 5.73 Å². The van der Waals surface area contributed by atoms with Gasteiger partial charge in [0.25, 0.3) is 0 Å². The summed E-state index contributed by atoms with van der Waals surface area (Å²) in [5, 5.41) is 2.44. The highest BCUT2D eigenvalue weighted by Gasteiger charge is 2.35. The summed E-state index contributed by atoms with van der Waals surface area (Å²) in [6.07, 6.45) is 0.740. The molecule has 0 saturated carbocycles. The molecule has 1 aromatic carbocycles. The molecule has 21 heavy (non-hydrogen) atoms. The lowest BCUT2D eigenvalue weighted by Gasteiger charge is -2.32. The smallest absolute Gasteiger partial charge is 0.245 e. The van der Waals surface area contributed by atoms with Crippen LogP contribution in [0.4, 0.5) is 5.69 Å². The summed E-state index contributed by atoms with van der Waals surface area (Å²) in [6, 6.07) is 6.31. The number of rotatable bonds is 2. The predicted octanol–water partition coefficient (Wildman–Crippen LogP) is 3.29. The number of nitrogen functional groups attached to an aromatic ring is 1. The summed E-state index contributed by atoms with van der Waals surface area (Å²) in [7, 11) is -3.62. The van der Waals surface area contributed by atoms with Crippen LogP contribution >= 0.6 is 22.9 Å². The molecule has 1 aliphatic heterocycles. The fourth-order valence-corrected chi connectivity index (χ4v) is 5.55. The zero-order chi connectivity index (χ0) is 15.2. The van der Waals surface area contributed by atoms with Gasteiger partial charge in [-0.05, 0) is 48.6 Å². The number of thiophene rings is 1. The molecular weight excluding hydrogens is 328 g/mol. The van der Waals surface area contributed by atoms with Gasteiger partial charge >= 0.3 is 0 Å². The van der Waals surface area contributed by atoms with E-state index in [0.717, 1.165) is 12.0 Å². The molecule has 3 rings (SSSR count). The van der Waals surface area contributed by atoms with Gasteiger partial charge in [-0.3, -0.25) is 0 Å². The van der Waals surface area contributed by atoms with Gasteiger partial charge in [0, 0.05) is 22.5 Å². The molecule has 0 fully saturated rings. The molecule has 4 nitrogen and oxygen atoms in total. The van der Waals surface area contributed by atoms with E-state index in [4.69, 9.17) is 17.3 Å². The monoisotopic (exact) mass is 342 g/mol. The van der Waals surface area contributed by atoms with E-state index >= 15 is 0 Å². The van der Waals surface area contributed by atoms with Crippen LogP contribution in [0.2, 0.25) is 5.02 Å². The van der Waals surface area contributed by atoms with Crippen molar-refractivity contribution in [2.24, 2.45) is 0 Å². The zero-order valence-electron chi connectivity index (χ0n) is 11.4. The van der Waals surface area contributed by atoms with Gasteiger partial charge in [-0.25, -0.2) is 8.42 Å². The lowest BCUT2D eigenvalue weighted by molar-refractivity contribution is 0.329. The Bertz CT molecular complexity index is 786. The van der Waals surface area contributed by atoms with Crippen molar-refractivity contribution in [1.82, 2.24) is 4.31 Å². The minimum Gasteiger partial charge on any atom is -0.398 e. The summed E-state index contributed by atoms with van der Waals surface area (Å²) in [6.45, 7) is 2.38. The Hall–Kier alpha value is -1.08. The average molecular weight is 343 g/mol. The van der Waals surface area contributed by atoms with Crippen LogP contribution in [-0.4, -0.2) is 19.3 Å². The highest BCUT2D eigenvalue weighted by Crippen LogP contribution is 2.37. The van der Waals surface area contributed by atoms with Gasteiger partial charge in [0.2, 0.25) is 10.0 Å². The largest absolute Gasteiger partial charge is 0.398 e. The summed E-state index contributed by atoms with van der Waals surface area (Å²) < 4.78 is 27.3. The van der Waals surface area contributed by atoms with Gasteiger partial charge in [0.15, 0.2) is 0 Å². The molecule has 0 saturated heterocycles. The number of anilines is 1. The first-order valence-electron chi connectivity index (χ1n) is 6.54. The molecule has 0 amide bonds. The number of nitrogens with two attached hydrogens (primary N) is 1. The average Bonchev–Trinajstić information content (AvgIpc) is 2.87. The number of hydrogen-bond donors (Lipinski definition) is 1. The summed E-state index contributed by atoms with van der Waals surface area (Å²) in [5.74, 6) is 0. The predicted molar refractivity (Wildman–Crippen MR) is 86.2 cm³/mol. The maximum atomic E-state index is 12.9. The van der Waals surface area contributed by atoms with Crippen molar-refractivity contribution in [3.8, 4) is 0 Å². The maximum Gasteiger partial charge on any atom is 0.245 e. The Morgan fingerprint density at radius 2 is 2.14 bits per heavy atom. The standard InChI is InChI=1S/C14H15ClN2O2S2/c1-9-11-5-7-20-13(11)4-6-17(9)21(18,19)14-3-2-10(15)8-12(14)16/h2-3,5,7-9H,4,6,16H2,1H3. The van der Waals surface area contributed by atoms with Crippen molar-refractivity contribution >= 4 is 38.6 Å². The topological polar surface area (TPSA) is 63.4 Å².